The van der Waals surface area contributed by atoms with Gasteiger partial charge in [0.05, 0.1) is 20.3 Å². The SMILES string of the molecule is COc1ccccc1CNc1nccc(N2CCC3(CC2)OCCO3)n1. The Balaban J connectivity index is 1.39. The van der Waals surface area contributed by atoms with E-state index in [4.69, 9.17) is 14.2 Å². The van der Waals surface area contributed by atoms with Crippen LogP contribution in [0.3, 0.4) is 0 Å². The molecule has 1 N–H and O–H groups in total. The first-order chi connectivity index (χ1) is 12.8. The number of hydrogen-bond acceptors (Lipinski definition) is 7. The third kappa shape index (κ3) is 3.59. The summed E-state index contributed by atoms with van der Waals surface area (Å²) < 4.78 is 17.0. The van der Waals surface area contributed by atoms with Crippen molar-refractivity contribution < 1.29 is 14.2 Å². The third-order valence-corrected chi connectivity index (χ3v) is 4.93. The van der Waals surface area contributed by atoms with E-state index >= 15 is 0 Å². The summed E-state index contributed by atoms with van der Waals surface area (Å²) in [5.74, 6) is 2.03. The van der Waals surface area contributed by atoms with Crippen LogP contribution in [-0.2, 0) is 16.0 Å². The van der Waals surface area contributed by atoms with Gasteiger partial charge in [-0.25, -0.2) is 4.98 Å². The largest absolute Gasteiger partial charge is 0.496 e. The average Bonchev–Trinajstić information content (AvgIpc) is 3.15. The molecule has 0 saturated carbocycles. The minimum Gasteiger partial charge on any atom is -0.496 e. The molecule has 2 aliphatic heterocycles. The van der Waals surface area contributed by atoms with Crippen molar-refractivity contribution in [1.29, 1.82) is 0 Å². The number of methoxy groups -OCH3 is 1. The Morgan fingerprint density at radius 2 is 1.92 bits per heavy atom. The van der Waals surface area contributed by atoms with Gasteiger partial charge < -0.3 is 24.4 Å². The number of aromatic nitrogens is 2. The molecule has 0 radical (unpaired) electrons. The van der Waals surface area contributed by atoms with E-state index < -0.39 is 0 Å². The number of anilines is 2. The Morgan fingerprint density at radius 1 is 1.15 bits per heavy atom. The molecule has 138 valence electrons. The molecule has 1 aromatic carbocycles. The van der Waals surface area contributed by atoms with Crippen LogP contribution in [0.15, 0.2) is 36.5 Å². The molecule has 1 aromatic heterocycles. The first-order valence-corrected chi connectivity index (χ1v) is 9.00. The summed E-state index contributed by atoms with van der Waals surface area (Å²) in [4.78, 5) is 11.3. The van der Waals surface area contributed by atoms with E-state index in [0.29, 0.717) is 25.7 Å². The number of ether oxygens (including phenoxy) is 3. The van der Waals surface area contributed by atoms with Crippen molar-refractivity contribution in [2.24, 2.45) is 0 Å². The van der Waals surface area contributed by atoms with Crippen molar-refractivity contribution in [3.63, 3.8) is 0 Å². The maximum absolute atomic E-state index is 5.79. The van der Waals surface area contributed by atoms with Crippen molar-refractivity contribution in [2.75, 3.05) is 43.6 Å². The van der Waals surface area contributed by atoms with Crippen molar-refractivity contribution >= 4 is 11.8 Å². The predicted molar refractivity (Wildman–Crippen MR) is 98.4 cm³/mol. The van der Waals surface area contributed by atoms with Crippen molar-refractivity contribution in [3.05, 3.63) is 42.1 Å². The Kier molecular flexibility index (Phi) is 4.90. The van der Waals surface area contributed by atoms with Gasteiger partial charge in [0.1, 0.15) is 11.6 Å². The summed E-state index contributed by atoms with van der Waals surface area (Å²) >= 11 is 0. The van der Waals surface area contributed by atoms with Crippen LogP contribution in [0.4, 0.5) is 11.8 Å². The van der Waals surface area contributed by atoms with Crippen molar-refractivity contribution in [3.8, 4) is 5.75 Å². The molecule has 7 heteroatoms. The van der Waals surface area contributed by atoms with Crippen molar-refractivity contribution in [1.82, 2.24) is 9.97 Å². The monoisotopic (exact) mass is 356 g/mol. The lowest BCUT2D eigenvalue weighted by Gasteiger charge is -2.38. The van der Waals surface area contributed by atoms with Gasteiger partial charge in [0.25, 0.3) is 0 Å². The van der Waals surface area contributed by atoms with Crippen LogP contribution < -0.4 is 15.0 Å². The zero-order valence-electron chi connectivity index (χ0n) is 15.0. The second kappa shape index (κ2) is 7.47. The molecule has 7 nitrogen and oxygen atoms in total. The normalized spacial score (nSPS) is 18.9. The maximum atomic E-state index is 5.79. The van der Waals surface area contributed by atoms with Crippen LogP contribution in [0.2, 0.25) is 0 Å². The van der Waals surface area contributed by atoms with Gasteiger partial charge in [0.2, 0.25) is 5.95 Å². The summed E-state index contributed by atoms with van der Waals surface area (Å²) in [6.07, 6.45) is 3.52. The molecule has 2 aromatic rings. The minimum atomic E-state index is -0.367. The van der Waals surface area contributed by atoms with Crippen LogP contribution in [-0.4, -0.2) is 49.2 Å². The van der Waals surface area contributed by atoms with Crippen LogP contribution in [0, 0.1) is 0 Å². The zero-order chi connectivity index (χ0) is 17.8. The molecule has 0 unspecified atom stereocenters. The molecule has 4 rings (SSSR count). The van der Waals surface area contributed by atoms with E-state index in [0.717, 1.165) is 43.1 Å². The van der Waals surface area contributed by atoms with Gasteiger partial charge in [-0.3, -0.25) is 0 Å². The van der Waals surface area contributed by atoms with Crippen LogP contribution in [0.1, 0.15) is 18.4 Å². The van der Waals surface area contributed by atoms with Crippen LogP contribution in [0.5, 0.6) is 5.75 Å². The lowest BCUT2D eigenvalue weighted by molar-refractivity contribution is -0.169. The van der Waals surface area contributed by atoms with Crippen LogP contribution in [0.25, 0.3) is 0 Å². The molecule has 0 atom stereocenters. The highest BCUT2D eigenvalue weighted by atomic mass is 16.7. The molecule has 3 heterocycles. The highest BCUT2D eigenvalue weighted by molar-refractivity contribution is 5.44. The maximum Gasteiger partial charge on any atom is 0.224 e. The molecule has 1 spiro atoms. The summed E-state index contributed by atoms with van der Waals surface area (Å²) in [6.45, 7) is 3.74. The summed E-state index contributed by atoms with van der Waals surface area (Å²) in [5.41, 5.74) is 1.07. The van der Waals surface area contributed by atoms with Gasteiger partial charge in [-0.15, -0.1) is 0 Å². The Morgan fingerprint density at radius 3 is 2.69 bits per heavy atom. The predicted octanol–water partition coefficient (Wildman–Crippen LogP) is 2.44. The van der Waals surface area contributed by atoms with Gasteiger partial charge in [-0.1, -0.05) is 18.2 Å². The number of benzene rings is 1. The van der Waals surface area contributed by atoms with E-state index in [1.165, 1.54) is 0 Å². The van der Waals surface area contributed by atoms with Gasteiger partial charge in [-0.2, -0.15) is 4.98 Å². The first-order valence-electron chi connectivity index (χ1n) is 9.00. The lowest BCUT2D eigenvalue weighted by atomic mass is 10.0. The fraction of sp³-hybridized carbons (Fsp3) is 0.474. The fourth-order valence-corrected chi connectivity index (χ4v) is 3.50. The number of para-hydroxylation sites is 1. The molecular formula is C19H24N4O3. The number of piperidine rings is 1. The number of nitrogens with zero attached hydrogens (tertiary/aromatic N) is 3. The highest BCUT2D eigenvalue weighted by Crippen LogP contribution is 2.32. The highest BCUT2D eigenvalue weighted by Gasteiger charge is 2.40. The second-order valence-corrected chi connectivity index (χ2v) is 6.50. The van der Waals surface area contributed by atoms with Gasteiger partial charge in [-0.05, 0) is 12.1 Å². The fourth-order valence-electron chi connectivity index (χ4n) is 3.50. The molecule has 0 aliphatic carbocycles. The molecule has 0 bridgehead atoms. The van der Waals surface area contributed by atoms with Gasteiger partial charge in [0, 0.05) is 44.2 Å². The summed E-state index contributed by atoms with van der Waals surface area (Å²) in [5, 5.41) is 3.29. The second-order valence-electron chi connectivity index (χ2n) is 6.50. The van der Waals surface area contributed by atoms with Crippen molar-refractivity contribution in [2.45, 2.75) is 25.2 Å². The van der Waals surface area contributed by atoms with E-state index in [1.807, 2.05) is 30.3 Å². The quantitative estimate of drug-likeness (QED) is 0.882. The van der Waals surface area contributed by atoms with E-state index in [-0.39, 0.29) is 5.79 Å². The molecule has 2 aliphatic rings. The Hall–Kier alpha value is -2.38. The lowest BCUT2D eigenvalue weighted by Crippen LogP contribution is -2.45. The summed E-state index contributed by atoms with van der Waals surface area (Å²) in [6, 6.07) is 9.88. The minimum absolute atomic E-state index is 0.367. The number of rotatable bonds is 5. The van der Waals surface area contributed by atoms with Gasteiger partial charge >= 0.3 is 0 Å². The average molecular weight is 356 g/mol. The molecule has 2 saturated heterocycles. The third-order valence-electron chi connectivity index (χ3n) is 4.93. The van der Waals surface area contributed by atoms with Crippen LogP contribution >= 0.6 is 0 Å². The number of nitrogens with one attached hydrogen (secondary N) is 1. The standard InChI is InChI=1S/C19H24N4O3/c1-24-16-5-3-2-4-15(16)14-21-18-20-9-6-17(22-18)23-10-7-19(8-11-23)25-12-13-26-19/h2-6,9H,7-8,10-14H2,1H3,(H,20,21,22). The first kappa shape index (κ1) is 17.1. The molecule has 0 amide bonds. The smallest absolute Gasteiger partial charge is 0.224 e. The zero-order valence-corrected chi connectivity index (χ0v) is 15.0. The van der Waals surface area contributed by atoms with E-state index in [2.05, 4.69) is 20.2 Å². The van der Waals surface area contributed by atoms with Gasteiger partial charge in [0.15, 0.2) is 5.79 Å². The number of hydrogen-bond donors (Lipinski definition) is 1. The van der Waals surface area contributed by atoms with E-state index in [1.54, 1.807) is 13.3 Å². The Bertz CT molecular complexity index is 739. The molecule has 26 heavy (non-hydrogen) atoms. The molecular weight excluding hydrogens is 332 g/mol. The Labute approximate surface area is 153 Å². The van der Waals surface area contributed by atoms with E-state index in [9.17, 15) is 0 Å². The topological polar surface area (TPSA) is 68.7 Å². The molecule has 2 fully saturated rings. The summed E-state index contributed by atoms with van der Waals surface area (Å²) in [7, 11) is 1.68.